The van der Waals surface area contributed by atoms with Crippen molar-refractivity contribution < 1.29 is 19.0 Å². The van der Waals surface area contributed by atoms with Gasteiger partial charge in [-0.15, -0.1) is 0 Å². The molecule has 0 N–H and O–H groups in total. The number of carbonyl (C=O) groups excluding carboxylic acids is 1. The Hall–Kier alpha value is -4.63. The molecule has 36 heavy (non-hydrogen) atoms. The number of rotatable bonds is 4. The number of ether oxygens (including phenoxy) is 3. The smallest absolute Gasteiger partial charge is 0.339 e. The molecule has 0 spiro atoms. The highest BCUT2D eigenvalue weighted by molar-refractivity contribution is 6.06. The fraction of sp³-hybridized carbons (Fsp3) is 0.167. The standard InChI is InChI=1S/C30H22N2O4/c31-16-19-8-10-20(11-9-19)17-34-30(33)28-23-5-1-2-7-25(23)32-29-22(4-3-6-24(28)29)14-21-12-13-26-27(15-21)36-18-35-26/h1-2,5,7-15H,3-4,6,17-18H2. The van der Waals surface area contributed by atoms with Gasteiger partial charge in [0.05, 0.1) is 28.4 Å². The highest BCUT2D eigenvalue weighted by Crippen LogP contribution is 2.38. The van der Waals surface area contributed by atoms with E-state index >= 15 is 0 Å². The van der Waals surface area contributed by atoms with Gasteiger partial charge in [0.2, 0.25) is 6.79 Å². The lowest BCUT2D eigenvalue weighted by Crippen LogP contribution is -2.15. The van der Waals surface area contributed by atoms with Crippen molar-refractivity contribution in [3.63, 3.8) is 0 Å². The van der Waals surface area contributed by atoms with Gasteiger partial charge in [0, 0.05) is 5.39 Å². The van der Waals surface area contributed by atoms with Crippen molar-refractivity contribution in [2.24, 2.45) is 0 Å². The van der Waals surface area contributed by atoms with E-state index in [1.54, 1.807) is 24.3 Å². The number of hydrogen-bond donors (Lipinski definition) is 0. The molecular formula is C30H22N2O4. The molecule has 1 aliphatic carbocycles. The summed E-state index contributed by atoms with van der Waals surface area (Å²) in [6, 6.07) is 22.7. The largest absolute Gasteiger partial charge is 0.457 e. The molecule has 0 saturated heterocycles. The molecule has 1 aromatic heterocycles. The van der Waals surface area contributed by atoms with Gasteiger partial charge >= 0.3 is 5.97 Å². The third kappa shape index (κ3) is 4.05. The van der Waals surface area contributed by atoms with Gasteiger partial charge in [-0.3, -0.25) is 0 Å². The van der Waals surface area contributed by atoms with Crippen LogP contribution in [0.15, 0.2) is 66.7 Å². The first kappa shape index (κ1) is 21.9. The Morgan fingerprint density at radius 1 is 1.03 bits per heavy atom. The summed E-state index contributed by atoms with van der Waals surface area (Å²) < 4.78 is 16.7. The van der Waals surface area contributed by atoms with Crippen LogP contribution in [0.3, 0.4) is 0 Å². The molecule has 3 aromatic carbocycles. The third-order valence-electron chi connectivity index (χ3n) is 6.56. The van der Waals surface area contributed by atoms with Crippen LogP contribution in [-0.2, 0) is 17.8 Å². The number of aromatic nitrogens is 1. The molecule has 0 atom stereocenters. The Morgan fingerprint density at radius 2 is 1.86 bits per heavy atom. The lowest BCUT2D eigenvalue weighted by Gasteiger charge is -2.22. The number of benzene rings is 3. The van der Waals surface area contributed by atoms with Crippen molar-refractivity contribution in [1.29, 1.82) is 5.26 Å². The highest BCUT2D eigenvalue weighted by atomic mass is 16.7. The van der Waals surface area contributed by atoms with E-state index < -0.39 is 0 Å². The Kier molecular flexibility index (Phi) is 5.59. The van der Waals surface area contributed by atoms with Gasteiger partial charge in [0.25, 0.3) is 0 Å². The predicted octanol–water partition coefficient (Wildman–Crippen LogP) is 6.07. The lowest BCUT2D eigenvalue weighted by molar-refractivity contribution is 0.0473. The fourth-order valence-electron chi connectivity index (χ4n) is 4.81. The summed E-state index contributed by atoms with van der Waals surface area (Å²) in [5.41, 5.74) is 6.61. The van der Waals surface area contributed by atoms with E-state index in [1.807, 2.05) is 42.5 Å². The van der Waals surface area contributed by atoms with Gasteiger partial charge in [-0.25, -0.2) is 9.78 Å². The third-order valence-corrected chi connectivity index (χ3v) is 6.56. The number of hydrogen-bond acceptors (Lipinski definition) is 6. The zero-order valence-electron chi connectivity index (χ0n) is 19.5. The van der Waals surface area contributed by atoms with Crippen molar-refractivity contribution in [2.75, 3.05) is 6.79 Å². The van der Waals surface area contributed by atoms with Crippen LogP contribution < -0.4 is 9.47 Å². The zero-order chi connectivity index (χ0) is 24.5. The van der Waals surface area contributed by atoms with Gasteiger partial charge in [-0.1, -0.05) is 36.4 Å². The summed E-state index contributed by atoms with van der Waals surface area (Å²) in [4.78, 5) is 18.5. The van der Waals surface area contributed by atoms with Crippen molar-refractivity contribution in [3.05, 3.63) is 100 Å². The molecule has 4 aromatic rings. The van der Waals surface area contributed by atoms with Crippen LogP contribution in [0.25, 0.3) is 22.6 Å². The molecular weight excluding hydrogens is 452 g/mol. The van der Waals surface area contributed by atoms with Crippen molar-refractivity contribution in [3.8, 4) is 17.6 Å². The Bertz CT molecular complexity index is 1560. The summed E-state index contributed by atoms with van der Waals surface area (Å²) in [5.74, 6) is 1.12. The van der Waals surface area contributed by atoms with E-state index in [1.165, 1.54) is 0 Å². The quantitative estimate of drug-likeness (QED) is 0.334. The Balaban J connectivity index is 1.38. The number of esters is 1. The number of allylic oxidation sites excluding steroid dienone is 1. The Labute approximate surface area is 208 Å². The van der Waals surface area contributed by atoms with E-state index in [4.69, 9.17) is 24.5 Å². The monoisotopic (exact) mass is 474 g/mol. The predicted molar refractivity (Wildman–Crippen MR) is 135 cm³/mol. The summed E-state index contributed by atoms with van der Waals surface area (Å²) >= 11 is 0. The maximum Gasteiger partial charge on any atom is 0.339 e. The van der Waals surface area contributed by atoms with Gasteiger partial charge < -0.3 is 14.2 Å². The second-order valence-electron chi connectivity index (χ2n) is 8.85. The molecule has 6 nitrogen and oxygen atoms in total. The van der Waals surface area contributed by atoms with Crippen molar-refractivity contribution >= 4 is 28.5 Å². The molecule has 0 saturated carbocycles. The SMILES string of the molecule is N#Cc1ccc(COC(=O)c2c3c(nc4ccccc24)C(=Cc2ccc4c(c2)OCO4)CCC3)cc1. The van der Waals surface area contributed by atoms with E-state index in [0.717, 1.165) is 69.6 Å². The molecule has 0 fully saturated rings. The molecule has 2 heterocycles. The second kappa shape index (κ2) is 9.20. The molecule has 0 amide bonds. The number of nitriles is 1. The first-order chi connectivity index (χ1) is 17.7. The van der Waals surface area contributed by atoms with Crippen molar-refractivity contribution in [2.45, 2.75) is 25.9 Å². The normalized spacial score (nSPS) is 14.9. The maximum atomic E-state index is 13.5. The number of nitrogens with zero attached hydrogens (tertiary/aromatic N) is 2. The zero-order valence-corrected chi connectivity index (χ0v) is 19.5. The van der Waals surface area contributed by atoms with Crippen molar-refractivity contribution in [1.82, 2.24) is 4.98 Å². The van der Waals surface area contributed by atoms with Gasteiger partial charge in [0.15, 0.2) is 11.5 Å². The first-order valence-electron chi connectivity index (χ1n) is 11.9. The number of para-hydroxylation sites is 1. The molecule has 0 unspecified atom stereocenters. The first-order valence-corrected chi connectivity index (χ1v) is 11.9. The number of carbonyl (C=O) groups is 1. The van der Waals surface area contributed by atoms with Gasteiger partial charge in [-0.05, 0) is 77.9 Å². The average Bonchev–Trinajstić information content (AvgIpc) is 3.39. The summed E-state index contributed by atoms with van der Waals surface area (Å²) in [6.07, 6.45) is 4.66. The Morgan fingerprint density at radius 3 is 2.72 bits per heavy atom. The average molecular weight is 475 g/mol. The van der Waals surface area contributed by atoms with Crippen LogP contribution in [0.1, 0.15) is 51.1 Å². The minimum Gasteiger partial charge on any atom is -0.457 e. The molecule has 0 bridgehead atoms. The van der Waals surface area contributed by atoms with Crippen LogP contribution >= 0.6 is 0 Å². The van der Waals surface area contributed by atoms with Crippen LogP contribution in [-0.4, -0.2) is 17.7 Å². The second-order valence-corrected chi connectivity index (χ2v) is 8.85. The van der Waals surface area contributed by atoms with E-state index in [9.17, 15) is 4.79 Å². The molecule has 6 rings (SSSR count). The van der Waals surface area contributed by atoms with Gasteiger partial charge in [-0.2, -0.15) is 5.26 Å². The van der Waals surface area contributed by atoms with Crippen LogP contribution in [0.4, 0.5) is 0 Å². The maximum absolute atomic E-state index is 13.5. The molecule has 1 aliphatic heterocycles. The molecule has 2 aliphatic rings. The summed E-state index contributed by atoms with van der Waals surface area (Å²) in [6.45, 7) is 0.371. The molecule has 0 radical (unpaired) electrons. The van der Waals surface area contributed by atoms with E-state index in [-0.39, 0.29) is 19.4 Å². The molecule has 6 heteroatoms. The number of fused-ring (bicyclic) bond motifs is 3. The van der Waals surface area contributed by atoms with Crippen LogP contribution in [0.5, 0.6) is 11.5 Å². The summed E-state index contributed by atoms with van der Waals surface area (Å²) in [5, 5.41) is 9.80. The highest BCUT2D eigenvalue weighted by Gasteiger charge is 2.26. The fourth-order valence-corrected chi connectivity index (χ4v) is 4.81. The van der Waals surface area contributed by atoms with E-state index in [0.29, 0.717) is 11.1 Å². The molecule has 176 valence electrons. The number of pyridine rings is 1. The minimum absolute atomic E-state index is 0.135. The van der Waals surface area contributed by atoms with Gasteiger partial charge in [0.1, 0.15) is 6.61 Å². The lowest BCUT2D eigenvalue weighted by atomic mass is 9.86. The topological polar surface area (TPSA) is 81.4 Å². The van der Waals surface area contributed by atoms with Crippen LogP contribution in [0.2, 0.25) is 0 Å². The summed E-state index contributed by atoms with van der Waals surface area (Å²) in [7, 11) is 0. The minimum atomic E-state index is -0.362. The van der Waals surface area contributed by atoms with E-state index in [2.05, 4.69) is 12.1 Å². The van der Waals surface area contributed by atoms with Crippen LogP contribution in [0, 0.1) is 11.3 Å².